The quantitative estimate of drug-likeness (QED) is 0.394. The Morgan fingerprint density at radius 3 is 1.82 bits per heavy atom. The molecule has 96 valence electrons. The maximum absolute atomic E-state index is 11.9. The average Bonchev–Trinajstić information content (AvgIpc) is 2.98. The molecule has 0 aromatic rings. The van der Waals surface area contributed by atoms with Crippen LogP contribution in [0.1, 0.15) is 27.2 Å². The average molecular weight is 242 g/mol. The lowest BCUT2D eigenvalue weighted by Crippen LogP contribution is -2.33. The summed E-state index contributed by atoms with van der Waals surface area (Å²) in [4.78, 5) is 34.8. The topological polar surface area (TPSA) is 69.7 Å². The van der Waals surface area contributed by atoms with Gasteiger partial charge in [-0.3, -0.25) is 9.59 Å². The van der Waals surface area contributed by atoms with Crippen molar-refractivity contribution in [1.82, 2.24) is 0 Å². The summed E-state index contributed by atoms with van der Waals surface area (Å²) in [7, 11) is 0. The van der Waals surface area contributed by atoms with E-state index in [4.69, 9.17) is 9.47 Å². The van der Waals surface area contributed by atoms with Gasteiger partial charge in [0.15, 0.2) is 5.41 Å². The number of ether oxygens (including phenoxy) is 2. The zero-order valence-corrected chi connectivity index (χ0v) is 10.4. The molecule has 2 atom stereocenters. The molecule has 0 aromatic heterocycles. The lowest BCUT2D eigenvalue weighted by molar-refractivity contribution is -0.166. The fourth-order valence-corrected chi connectivity index (χ4v) is 2.43. The van der Waals surface area contributed by atoms with Gasteiger partial charge in [-0.1, -0.05) is 13.3 Å². The second-order valence-electron chi connectivity index (χ2n) is 3.99. The Bertz CT molecular complexity index is 305. The van der Waals surface area contributed by atoms with Gasteiger partial charge in [0.2, 0.25) is 0 Å². The summed E-state index contributed by atoms with van der Waals surface area (Å²) in [5.41, 5.74) is -1.39. The summed E-state index contributed by atoms with van der Waals surface area (Å²) in [6.07, 6.45) is 1.23. The Morgan fingerprint density at radius 2 is 1.59 bits per heavy atom. The molecule has 0 radical (unpaired) electrons. The molecule has 0 aromatic carbocycles. The van der Waals surface area contributed by atoms with Crippen LogP contribution in [0, 0.1) is 17.3 Å². The van der Waals surface area contributed by atoms with Crippen LogP contribution in [0.5, 0.6) is 0 Å². The number of hydrogen-bond donors (Lipinski definition) is 0. The fourth-order valence-electron chi connectivity index (χ4n) is 2.43. The Morgan fingerprint density at radius 1 is 1.12 bits per heavy atom. The third kappa shape index (κ3) is 1.94. The van der Waals surface area contributed by atoms with E-state index in [1.54, 1.807) is 13.8 Å². The van der Waals surface area contributed by atoms with Gasteiger partial charge in [0.05, 0.1) is 13.2 Å². The molecule has 0 N–H and O–H groups in total. The van der Waals surface area contributed by atoms with Crippen molar-refractivity contribution in [3.8, 4) is 0 Å². The van der Waals surface area contributed by atoms with Crippen molar-refractivity contribution in [2.24, 2.45) is 17.3 Å². The minimum atomic E-state index is -1.39. The molecule has 1 aliphatic rings. The Labute approximate surface area is 100 Å². The van der Waals surface area contributed by atoms with Crippen LogP contribution in [-0.2, 0) is 23.9 Å². The van der Waals surface area contributed by atoms with Gasteiger partial charge in [-0.15, -0.1) is 0 Å². The predicted octanol–water partition coefficient (Wildman–Crippen LogP) is 0.954. The van der Waals surface area contributed by atoms with Crippen LogP contribution >= 0.6 is 0 Å². The third-order valence-electron chi connectivity index (χ3n) is 3.25. The highest BCUT2D eigenvalue weighted by Crippen LogP contribution is 2.60. The molecule has 5 nitrogen and oxygen atoms in total. The summed E-state index contributed by atoms with van der Waals surface area (Å²) in [6.45, 7) is 5.53. The van der Waals surface area contributed by atoms with Gasteiger partial charge in [0, 0.05) is 5.92 Å². The summed E-state index contributed by atoms with van der Waals surface area (Å²) in [5.74, 6) is -2.17. The van der Waals surface area contributed by atoms with Crippen molar-refractivity contribution in [2.75, 3.05) is 13.2 Å². The number of hydrogen-bond acceptors (Lipinski definition) is 5. The first-order valence-corrected chi connectivity index (χ1v) is 5.90. The largest absolute Gasteiger partial charge is 0.465 e. The molecule has 0 saturated heterocycles. The lowest BCUT2D eigenvalue weighted by atomic mass is 10.0. The van der Waals surface area contributed by atoms with E-state index in [2.05, 4.69) is 0 Å². The third-order valence-corrected chi connectivity index (χ3v) is 3.25. The molecule has 5 heteroatoms. The van der Waals surface area contributed by atoms with Crippen LogP contribution in [0.2, 0.25) is 0 Å². The SMILES string of the molecule is CCOC(=O)C1(C(=O)OCC)[C@H](C=O)[C@H]1CC. The zero-order chi connectivity index (χ0) is 13.1. The Hall–Kier alpha value is -1.39. The smallest absolute Gasteiger partial charge is 0.324 e. The lowest BCUT2D eigenvalue weighted by Gasteiger charge is -2.14. The number of esters is 2. The highest BCUT2D eigenvalue weighted by molar-refractivity contribution is 6.08. The molecule has 1 saturated carbocycles. The first kappa shape index (κ1) is 13.7. The summed E-state index contributed by atoms with van der Waals surface area (Å²) < 4.78 is 9.80. The molecule has 1 aliphatic carbocycles. The highest BCUT2D eigenvalue weighted by Gasteiger charge is 2.75. The van der Waals surface area contributed by atoms with Crippen LogP contribution in [-0.4, -0.2) is 31.4 Å². The highest BCUT2D eigenvalue weighted by atomic mass is 16.6. The molecule has 0 unspecified atom stereocenters. The van der Waals surface area contributed by atoms with Gasteiger partial charge < -0.3 is 14.3 Å². The molecule has 1 rings (SSSR count). The molecule has 0 amide bonds. The van der Waals surface area contributed by atoms with Crippen molar-refractivity contribution in [1.29, 1.82) is 0 Å². The van der Waals surface area contributed by atoms with Crippen LogP contribution in [0.4, 0.5) is 0 Å². The molecule has 0 spiro atoms. The maximum atomic E-state index is 11.9. The van der Waals surface area contributed by atoms with Crippen LogP contribution in [0.3, 0.4) is 0 Å². The molecule has 0 bridgehead atoms. The molecule has 1 fully saturated rings. The zero-order valence-electron chi connectivity index (χ0n) is 10.4. The van der Waals surface area contributed by atoms with E-state index in [1.807, 2.05) is 6.92 Å². The van der Waals surface area contributed by atoms with Crippen LogP contribution < -0.4 is 0 Å². The standard InChI is InChI=1S/C12H18O5/c1-4-8-9(7-13)12(8,10(14)16-5-2)11(15)17-6-3/h7-9H,4-6H2,1-3H3/t8-,9-/m1/s1. The van der Waals surface area contributed by atoms with E-state index < -0.39 is 23.3 Å². The van der Waals surface area contributed by atoms with Gasteiger partial charge >= 0.3 is 11.9 Å². The van der Waals surface area contributed by atoms with E-state index >= 15 is 0 Å². The molecule has 17 heavy (non-hydrogen) atoms. The second-order valence-corrected chi connectivity index (χ2v) is 3.99. The van der Waals surface area contributed by atoms with Gasteiger partial charge in [-0.25, -0.2) is 0 Å². The second kappa shape index (κ2) is 5.29. The van der Waals surface area contributed by atoms with Gasteiger partial charge in [-0.2, -0.15) is 0 Å². The number of rotatable bonds is 6. The summed E-state index contributed by atoms with van der Waals surface area (Å²) in [6, 6.07) is 0. The van der Waals surface area contributed by atoms with E-state index in [0.29, 0.717) is 12.7 Å². The molecule has 0 heterocycles. The van der Waals surface area contributed by atoms with Crippen molar-refractivity contribution >= 4 is 18.2 Å². The van der Waals surface area contributed by atoms with E-state index in [-0.39, 0.29) is 19.1 Å². The van der Waals surface area contributed by atoms with Gasteiger partial charge in [-0.05, 0) is 19.8 Å². The predicted molar refractivity (Wildman–Crippen MR) is 59.0 cm³/mol. The molecular formula is C12H18O5. The van der Waals surface area contributed by atoms with Crippen molar-refractivity contribution < 1.29 is 23.9 Å². The van der Waals surface area contributed by atoms with Crippen molar-refractivity contribution in [3.63, 3.8) is 0 Å². The van der Waals surface area contributed by atoms with Crippen LogP contribution in [0.25, 0.3) is 0 Å². The van der Waals surface area contributed by atoms with Gasteiger partial charge in [0.1, 0.15) is 6.29 Å². The minimum absolute atomic E-state index is 0.183. The van der Waals surface area contributed by atoms with E-state index in [1.165, 1.54) is 0 Å². The van der Waals surface area contributed by atoms with Crippen molar-refractivity contribution in [3.05, 3.63) is 0 Å². The number of aldehydes is 1. The molecule has 0 aliphatic heterocycles. The minimum Gasteiger partial charge on any atom is -0.465 e. The Balaban J connectivity index is 2.99. The van der Waals surface area contributed by atoms with Crippen molar-refractivity contribution in [2.45, 2.75) is 27.2 Å². The Kier molecular flexibility index (Phi) is 4.26. The monoisotopic (exact) mass is 242 g/mol. The summed E-state index contributed by atoms with van der Waals surface area (Å²) >= 11 is 0. The maximum Gasteiger partial charge on any atom is 0.324 e. The summed E-state index contributed by atoms with van der Waals surface area (Å²) in [5, 5.41) is 0. The number of carbonyl (C=O) groups is 3. The van der Waals surface area contributed by atoms with E-state index in [9.17, 15) is 14.4 Å². The molecular weight excluding hydrogens is 224 g/mol. The normalized spacial score (nSPS) is 24.9. The number of carbonyl (C=O) groups excluding carboxylic acids is 3. The first-order valence-electron chi connectivity index (χ1n) is 5.90. The van der Waals surface area contributed by atoms with Gasteiger partial charge in [0.25, 0.3) is 0 Å². The first-order chi connectivity index (χ1) is 8.10. The fraction of sp³-hybridized carbons (Fsp3) is 0.750. The van der Waals surface area contributed by atoms with Crippen LogP contribution in [0.15, 0.2) is 0 Å². The van der Waals surface area contributed by atoms with E-state index in [0.717, 1.165) is 0 Å².